The minimum atomic E-state index is -0.531. The van der Waals surface area contributed by atoms with E-state index >= 15 is 0 Å². The first-order valence-corrected chi connectivity index (χ1v) is 6.87. The maximum atomic E-state index is 11.6. The van der Waals surface area contributed by atoms with Gasteiger partial charge in [-0.25, -0.2) is 9.59 Å². The Labute approximate surface area is 118 Å². The summed E-state index contributed by atoms with van der Waals surface area (Å²) in [6, 6.07) is 2.83. The van der Waals surface area contributed by atoms with Gasteiger partial charge in [-0.3, -0.25) is 0 Å². The molecule has 1 aromatic rings. The summed E-state index contributed by atoms with van der Waals surface area (Å²) in [5, 5.41) is 7.36. The van der Waals surface area contributed by atoms with E-state index in [1.807, 2.05) is 13.8 Å². The number of esters is 2. The number of aromatic nitrogens is 2. The van der Waals surface area contributed by atoms with Crippen LogP contribution in [-0.4, -0.2) is 35.3 Å². The molecule has 0 aromatic carbocycles. The Bertz CT molecular complexity index is 390. The standard InChI is InChI=1S/C14H20N2O4/c1-3-5-9-19-13(17)11-7-8-12(16-15-11)14(18)20-10-6-4-2/h7-8H,3-6,9-10H2,1-2H3. The summed E-state index contributed by atoms with van der Waals surface area (Å²) in [6.45, 7) is 4.73. The Balaban J connectivity index is 2.50. The molecule has 0 aliphatic rings. The number of carbonyl (C=O) groups excluding carboxylic acids is 2. The molecule has 0 aliphatic heterocycles. The van der Waals surface area contributed by atoms with Crippen LogP contribution in [0.5, 0.6) is 0 Å². The Morgan fingerprint density at radius 2 is 1.30 bits per heavy atom. The van der Waals surface area contributed by atoms with Gasteiger partial charge >= 0.3 is 11.9 Å². The smallest absolute Gasteiger partial charge is 0.358 e. The first kappa shape index (κ1) is 16.1. The lowest BCUT2D eigenvalue weighted by atomic mass is 10.3. The van der Waals surface area contributed by atoms with Crippen molar-refractivity contribution in [2.75, 3.05) is 13.2 Å². The van der Waals surface area contributed by atoms with E-state index in [1.165, 1.54) is 12.1 Å². The van der Waals surface area contributed by atoms with Gasteiger partial charge in [0.1, 0.15) is 0 Å². The van der Waals surface area contributed by atoms with Crippen LogP contribution in [0.2, 0.25) is 0 Å². The first-order chi connectivity index (χ1) is 9.69. The fourth-order valence-electron chi connectivity index (χ4n) is 1.32. The van der Waals surface area contributed by atoms with E-state index in [1.54, 1.807) is 0 Å². The molecule has 0 radical (unpaired) electrons. The van der Waals surface area contributed by atoms with Crippen molar-refractivity contribution >= 4 is 11.9 Å². The highest BCUT2D eigenvalue weighted by Crippen LogP contribution is 2.02. The average Bonchev–Trinajstić information content (AvgIpc) is 2.47. The third-order valence-corrected chi connectivity index (χ3v) is 2.54. The van der Waals surface area contributed by atoms with Crippen molar-refractivity contribution in [2.45, 2.75) is 39.5 Å². The Hall–Kier alpha value is -1.98. The van der Waals surface area contributed by atoms with E-state index in [4.69, 9.17) is 9.47 Å². The normalized spacial score (nSPS) is 10.1. The van der Waals surface area contributed by atoms with Gasteiger partial charge in [-0.15, -0.1) is 10.2 Å². The monoisotopic (exact) mass is 280 g/mol. The summed E-state index contributed by atoms with van der Waals surface area (Å²) in [6.07, 6.45) is 3.50. The SMILES string of the molecule is CCCCOC(=O)c1ccc(C(=O)OCCCC)nn1. The van der Waals surface area contributed by atoms with Crippen LogP contribution >= 0.6 is 0 Å². The van der Waals surface area contributed by atoms with Crippen molar-refractivity contribution in [2.24, 2.45) is 0 Å². The zero-order chi connectivity index (χ0) is 14.8. The number of ether oxygens (including phenoxy) is 2. The summed E-state index contributed by atoms with van der Waals surface area (Å²) >= 11 is 0. The highest BCUT2D eigenvalue weighted by Gasteiger charge is 2.13. The number of rotatable bonds is 8. The van der Waals surface area contributed by atoms with Crippen molar-refractivity contribution in [1.29, 1.82) is 0 Å². The van der Waals surface area contributed by atoms with Gasteiger partial charge in [0.2, 0.25) is 0 Å². The van der Waals surface area contributed by atoms with Crippen LogP contribution in [0.1, 0.15) is 60.5 Å². The van der Waals surface area contributed by atoms with Crippen molar-refractivity contribution in [1.82, 2.24) is 10.2 Å². The molecule has 0 N–H and O–H groups in total. The molecular weight excluding hydrogens is 260 g/mol. The Morgan fingerprint density at radius 3 is 1.60 bits per heavy atom. The van der Waals surface area contributed by atoms with Gasteiger partial charge in [0.25, 0.3) is 0 Å². The molecule has 1 heterocycles. The van der Waals surface area contributed by atoms with Crippen molar-refractivity contribution in [3.63, 3.8) is 0 Å². The van der Waals surface area contributed by atoms with Crippen LogP contribution in [0.4, 0.5) is 0 Å². The topological polar surface area (TPSA) is 78.4 Å². The lowest BCUT2D eigenvalue weighted by Crippen LogP contribution is -2.13. The molecule has 6 nitrogen and oxygen atoms in total. The minimum absolute atomic E-state index is 0.0891. The first-order valence-electron chi connectivity index (χ1n) is 6.87. The van der Waals surface area contributed by atoms with E-state index in [0.717, 1.165) is 25.7 Å². The Kier molecular flexibility index (Phi) is 7.24. The summed E-state index contributed by atoms with van der Waals surface area (Å²) in [5.74, 6) is -1.06. The second kappa shape index (κ2) is 9.01. The van der Waals surface area contributed by atoms with E-state index in [-0.39, 0.29) is 11.4 Å². The Morgan fingerprint density at radius 1 is 0.900 bits per heavy atom. The molecule has 0 fully saturated rings. The van der Waals surface area contributed by atoms with Crippen molar-refractivity contribution < 1.29 is 19.1 Å². The van der Waals surface area contributed by atoms with Gasteiger partial charge in [0, 0.05) is 0 Å². The lowest BCUT2D eigenvalue weighted by Gasteiger charge is -2.04. The predicted molar refractivity (Wildman–Crippen MR) is 72.4 cm³/mol. The molecule has 0 spiro atoms. The largest absolute Gasteiger partial charge is 0.461 e. The average molecular weight is 280 g/mol. The van der Waals surface area contributed by atoms with Gasteiger partial charge in [0.05, 0.1) is 13.2 Å². The molecule has 0 bridgehead atoms. The van der Waals surface area contributed by atoms with E-state index < -0.39 is 11.9 Å². The molecule has 0 saturated heterocycles. The number of hydrogen-bond acceptors (Lipinski definition) is 6. The van der Waals surface area contributed by atoms with E-state index in [9.17, 15) is 9.59 Å². The molecule has 0 aliphatic carbocycles. The second-order valence-corrected chi connectivity index (χ2v) is 4.28. The lowest BCUT2D eigenvalue weighted by molar-refractivity contribution is 0.0471. The second-order valence-electron chi connectivity index (χ2n) is 4.28. The zero-order valence-corrected chi connectivity index (χ0v) is 11.9. The third kappa shape index (κ3) is 5.34. The van der Waals surface area contributed by atoms with E-state index in [2.05, 4.69) is 10.2 Å². The number of hydrogen-bond donors (Lipinski definition) is 0. The molecule has 0 unspecified atom stereocenters. The van der Waals surface area contributed by atoms with Crippen LogP contribution in [0, 0.1) is 0 Å². The summed E-state index contributed by atoms with van der Waals surface area (Å²) in [7, 11) is 0. The maximum absolute atomic E-state index is 11.6. The fourth-order valence-corrected chi connectivity index (χ4v) is 1.32. The van der Waals surface area contributed by atoms with Crippen molar-refractivity contribution in [3.05, 3.63) is 23.5 Å². The predicted octanol–water partition coefficient (Wildman–Crippen LogP) is 2.39. The molecule has 0 atom stereocenters. The molecule has 20 heavy (non-hydrogen) atoms. The van der Waals surface area contributed by atoms with Gasteiger partial charge < -0.3 is 9.47 Å². The maximum Gasteiger partial charge on any atom is 0.358 e. The fraction of sp³-hybridized carbons (Fsp3) is 0.571. The molecule has 6 heteroatoms. The summed E-state index contributed by atoms with van der Waals surface area (Å²) in [5.41, 5.74) is 0.178. The van der Waals surface area contributed by atoms with Gasteiger partial charge in [-0.05, 0) is 25.0 Å². The molecule has 110 valence electrons. The highest BCUT2D eigenvalue weighted by atomic mass is 16.5. The van der Waals surface area contributed by atoms with E-state index in [0.29, 0.717) is 13.2 Å². The molecular formula is C14H20N2O4. The van der Waals surface area contributed by atoms with Crippen LogP contribution in [0.15, 0.2) is 12.1 Å². The summed E-state index contributed by atoms with van der Waals surface area (Å²) < 4.78 is 9.98. The number of nitrogens with zero attached hydrogens (tertiary/aromatic N) is 2. The third-order valence-electron chi connectivity index (χ3n) is 2.54. The highest BCUT2D eigenvalue weighted by molar-refractivity contribution is 5.89. The van der Waals surface area contributed by atoms with Crippen molar-refractivity contribution in [3.8, 4) is 0 Å². The molecule has 0 amide bonds. The van der Waals surface area contributed by atoms with Crippen LogP contribution < -0.4 is 0 Å². The zero-order valence-electron chi connectivity index (χ0n) is 11.9. The van der Waals surface area contributed by atoms with Crippen LogP contribution in [-0.2, 0) is 9.47 Å². The summed E-state index contributed by atoms with van der Waals surface area (Å²) in [4.78, 5) is 23.1. The number of unbranched alkanes of at least 4 members (excludes halogenated alkanes) is 2. The van der Waals surface area contributed by atoms with Crippen LogP contribution in [0.25, 0.3) is 0 Å². The van der Waals surface area contributed by atoms with Gasteiger partial charge in [-0.1, -0.05) is 26.7 Å². The molecule has 1 aromatic heterocycles. The molecule has 1 rings (SSSR count). The van der Waals surface area contributed by atoms with Gasteiger partial charge in [0.15, 0.2) is 11.4 Å². The quantitative estimate of drug-likeness (QED) is 0.537. The van der Waals surface area contributed by atoms with Gasteiger partial charge in [-0.2, -0.15) is 0 Å². The minimum Gasteiger partial charge on any atom is -0.461 e. The van der Waals surface area contributed by atoms with Crippen LogP contribution in [0.3, 0.4) is 0 Å². The molecule has 0 saturated carbocycles. The number of carbonyl (C=O) groups is 2.